The maximum Gasteiger partial charge on any atom is 0.251 e. The molecule has 0 radical (unpaired) electrons. The third-order valence-corrected chi connectivity index (χ3v) is 3.61. The summed E-state index contributed by atoms with van der Waals surface area (Å²) in [5, 5.41) is 10.8. The van der Waals surface area contributed by atoms with Crippen molar-refractivity contribution in [1.29, 1.82) is 0 Å². The van der Waals surface area contributed by atoms with Crippen LogP contribution in [0, 0.1) is 6.92 Å². The predicted octanol–water partition coefficient (Wildman–Crippen LogP) is 1.48. The fourth-order valence-corrected chi connectivity index (χ4v) is 2.41. The van der Waals surface area contributed by atoms with Crippen molar-refractivity contribution in [2.45, 2.75) is 25.9 Å². The Morgan fingerprint density at radius 2 is 2.24 bits per heavy atom. The number of hydrogen-bond acceptors (Lipinski definition) is 4. The Morgan fingerprint density at radius 1 is 1.43 bits per heavy atom. The second-order valence-corrected chi connectivity index (χ2v) is 5.18. The normalized spacial score (nSPS) is 17.9. The summed E-state index contributed by atoms with van der Waals surface area (Å²) in [7, 11) is 0. The smallest absolute Gasteiger partial charge is 0.251 e. The van der Waals surface area contributed by atoms with E-state index >= 15 is 0 Å². The lowest BCUT2D eigenvalue weighted by Gasteiger charge is -2.11. The second kappa shape index (κ2) is 6.05. The highest BCUT2D eigenvalue weighted by Crippen LogP contribution is 2.12. The van der Waals surface area contributed by atoms with Crippen molar-refractivity contribution in [2.24, 2.45) is 0 Å². The Kier molecular flexibility index (Phi) is 3.96. The fraction of sp³-hybridized carbons (Fsp3) is 0.400. The molecule has 6 nitrogen and oxygen atoms in total. The molecule has 1 fully saturated rings. The molecular formula is C15H18N4O2. The molecule has 21 heavy (non-hydrogen) atoms. The van der Waals surface area contributed by atoms with Gasteiger partial charge in [-0.15, -0.1) is 5.10 Å². The SMILES string of the molecule is Cc1cnnn1-c1ccc(C(=O)NC[C@@H]2CCCO2)cc1. The molecule has 2 heterocycles. The molecule has 0 saturated carbocycles. The highest BCUT2D eigenvalue weighted by atomic mass is 16.5. The van der Waals surface area contributed by atoms with Gasteiger partial charge >= 0.3 is 0 Å². The molecule has 0 unspecified atom stereocenters. The monoisotopic (exact) mass is 286 g/mol. The van der Waals surface area contributed by atoms with Crippen LogP contribution < -0.4 is 5.32 Å². The first-order valence-corrected chi connectivity index (χ1v) is 7.11. The number of aromatic nitrogens is 3. The van der Waals surface area contributed by atoms with Crippen LogP contribution in [0.4, 0.5) is 0 Å². The molecular weight excluding hydrogens is 268 g/mol. The summed E-state index contributed by atoms with van der Waals surface area (Å²) in [6, 6.07) is 7.31. The number of rotatable bonds is 4. The van der Waals surface area contributed by atoms with E-state index in [1.165, 1.54) is 0 Å². The van der Waals surface area contributed by atoms with E-state index in [1.54, 1.807) is 23.0 Å². The van der Waals surface area contributed by atoms with E-state index in [2.05, 4.69) is 15.6 Å². The van der Waals surface area contributed by atoms with E-state index < -0.39 is 0 Å². The Balaban J connectivity index is 1.63. The first-order valence-electron chi connectivity index (χ1n) is 7.11. The molecule has 1 saturated heterocycles. The van der Waals surface area contributed by atoms with Crippen LogP contribution in [0.2, 0.25) is 0 Å². The van der Waals surface area contributed by atoms with Crippen LogP contribution in [0.3, 0.4) is 0 Å². The third kappa shape index (κ3) is 3.11. The average molecular weight is 286 g/mol. The van der Waals surface area contributed by atoms with Gasteiger partial charge in [0.05, 0.1) is 23.7 Å². The van der Waals surface area contributed by atoms with E-state index in [1.807, 2.05) is 19.1 Å². The molecule has 0 bridgehead atoms. The Hall–Kier alpha value is -2.21. The van der Waals surface area contributed by atoms with E-state index in [-0.39, 0.29) is 12.0 Å². The lowest BCUT2D eigenvalue weighted by molar-refractivity contribution is 0.0858. The zero-order valence-corrected chi connectivity index (χ0v) is 12.0. The van der Waals surface area contributed by atoms with E-state index in [0.717, 1.165) is 30.8 Å². The summed E-state index contributed by atoms with van der Waals surface area (Å²) in [5.74, 6) is -0.0765. The Morgan fingerprint density at radius 3 is 2.86 bits per heavy atom. The van der Waals surface area contributed by atoms with Gasteiger partial charge in [-0.25, -0.2) is 4.68 Å². The van der Waals surface area contributed by atoms with Gasteiger partial charge in [-0.2, -0.15) is 0 Å². The summed E-state index contributed by atoms with van der Waals surface area (Å²) in [5.41, 5.74) is 2.47. The number of carbonyl (C=O) groups excluding carboxylic acids is 1. The average Bonchev–Trinajstić information content (AvgIpc) is 3.16. The van der Waals surface area contributed by atoms with Gasteiger partial charge in [-0.1, -0.05) is 5.21 Å². The number of hydrogen-bond donors (Lipinski definition) is 1. The molecule has 0 spiro atoms. The van der Waals surface area contributed by atoms with Crippen molar-refractivity contribution in [2.75, 3.05) is 13.2 Å². The predicted molar refractivity (Wildman–Crippen MR) is 77.4 cm³/mol. The molecule has 0 aliphatic carbocycles. The lowest BCUT2D eigenvalue weighted by Crippen LogP contribution is -2.31. The second-order valence-electron chi connectivity index (χ2n) is 5.18. The van der Waals surface area contributed by atoms with Crippen LogP contribution in [0.1, 0.15) is 28.9 Å². The minimum Gasteiger partial charge on any atom is -0.376 e. The zero-order chi connectivity index (χ0) is 14.7. The maximum absolute atomic E-state index is 12.1. The first-order chi connectivity index (χ1) is 10.2. The highest BCUT2D eigenvalue weighted by molar-refractivity contribution is 5.94. The number of benzene rings is 1. The molecule has 6 heteroatoms. The van der Waals surface area contributed by atoms with Gasteiger partial charge in [0.1, 0.15) is 0 Å². The molecule has 1 aromatic carbocycles. The third-order valence-electron chi connectivity index (χ3n) is 3.61. The molecule has 110 valence electrons. The number of aryl methyl sites for hydroxylation is 1. The summed E-state index contributed by atoms with van der Waals surface area (Å²) in [6.45, 7) is 3.30. The zero-order valence-electron chi connectivity index (χ0n) is 12.0. The number of amides is 1. The number of nitrogens with one attached hydrogen (secondary N) is 1. The standard InChI is InChI=1S/C15H18N4O2/c1-11-9-17-18-19(11)13-6-4-12(5-7-13)15(20)16-10-14-3-2-8-21-14/h4-7,9,14H,2-3,8,10H2,1H3,(H,16,20)/t14-/m0/s1. The summed E-state index contributed by atoms with van der Waals surface area (Å²) < 4.78 is 7.22. The molecule has 2 aromatic rings. The maximum atomic E-state index is 12.1. The molecule has 1 atom stereocenters. The van der Waals surface area contributed by atoms with Gasteiger partial charge in [0.2, 0.25) is 0 Å². The first kappa shape index (κ1) is 13.8. The van der Waals surface area contributed by atoms with Crippen molar-refractivity contribution in [3.05, 3.63) is 41.7 Å². The number of ether oxygens (including phenoxy) is 1. The molecule has 1 aliphatic heterocycles. The van der Waals surface area contributed by atoms with E-state index in [4.69, 9.17) is 4.74 Å². The van der Waals surface area contributed by atoms with Crippen molar-refractivity contribution >= 4 is 5.91 Å². The summed E-state index contributed by atoms with van der Waals surface area (Å²) >= 11 is 0. The van der Waals surface area contributed by atoms with Crippen LogP contribution in [0.15, 0.2) is 30.5 Å². The molecule has 3 rings (SSSR count). The largest absolute Gasteiger partial charge is 0.376 e. The van der Waals surface area contributed by atoms with Crippen LogP contribution in [0.25, 0.3) is 5.69 Å². The van der Waals surface area contributed by atoms with Gasteiger partial charge < -0.3 is 10.1 Å². The topological polar surface area (TPSA) is 69.0 Å². The van der Waals surface area contributed by atoms with E-state index in [9.17, 15) is 4.79 Å². The van der Waals surface area contributed by atoms with Gasteiger partial charge in [0, 0.05) is 18.7 Å². The summed E-state index contributed by atoms with van der Waals surface area (Å²) in [4.78, 5) is 12.1. The van der Waals surface area contributed by atoms with Crippen LogP contribution in [-0.4, -0.2) is 40.2 Å². The van der Waals surface area contributed by atoms with Crippen molar-refractivity contribution in [3.63, 3.8) is 0 Å². The van der Waals surface area contributed by atoms with Gasteiger partial charge in [0.25, 0.3) is 5.91 Å². The fourth-order valence-electron chi connectivity index (χ4n) is 2.41. The van der Waals surface area contributed by atoms with Crippen molar-refractivity contribution < 1.29 is 9.53 Å². The van der Waals surface area contributed by atoms with E-state index in [0.29, 0.717) is 12.1 Å². The Bertz CT molecular complexity index is 615. The quantitative estimate of drug-likeness (QED) is 0.924. The van der Waals surface area contributed by atoms with Crippen LogP contribution in [0.5, 0.6) is 0 Å². The van der Waals surface area contributed by atoms with Crippen LogP contribution >= 0.6 is 0 Å². The number of nitrogens with zero attached hydrogens (tertiary/aromatic N) is 3. The van der Waals surface area contributed by atoms with Gasteiger partial charge in [0.15, 0.2) is 0 Å². The molecule has 1 amide bonds. The lowest BCUT2D eigenvalue weighted by atomic mass is 10.2. The summed E-state index contributed by atoms with van der Waals surface area (Å²) in [6.07, 6.45) is 3.95. The highest BCUT2D eigenvalue weighted by Gasteiger charge is 2.16. The molecule has 1 aliphatic rings. The van der Waals surface area contributed by atoms with Crippen molar-refractivity contribution in [1.82, 2.24) is 20.3 Å². The Labute approximate surface area is 123 Å². The molecule has 1 aromatic heterocycles. The minimum absolute atomic E-state index is 0.0765. The minimum atomic E-state index is -0.0765. The number of carbonyl (C=O) groups is 1. The van der Waals surface area contributed by atoms with Crippen LogP contribution in [-0.2, 0) is 4.74 Å². The molecule has 1 N–H and O–H groups in total. The van der Waals surface area contributed by atoms with Gasteiger partial charge in [-0.3, -0.25) is 4.79 Å². The van der Waals surface area contributed by atoms with Crippen molar-refractivity contribution in [3.8, 4) is 5.69 Å². The van der Waals surface area contributed by atoms with Gasteiger partial charge in [-0.05, 0) is 44.0 Å².